The van der Waals surface area contributed by atoms with Crippen molar-refractivity contribution in [1.82, 2.24) is 15.1 Å². The Kier molecular flexibility index (Phi) is 6.96. The van der Waals surface area contributed by atoms with Crippen molar-refractivity contribution in [2.45, 2.75) is 22.6 Å². The zero-order chi connectivity index (χ0) is 21.6. The van der Waals surface area contributed by atoms with Crippen LogP contribution in [0.3, 0.4) is 0 Å². The molecule has 0 bridgehead atoms. The van der Waals surface area contributed by atoms with Crippen molar-refractivity contribution in [3.8, 4) is 5.69 Å². The molecule has 0 spiro atoms. The summed E-state index contributed by atoms with van der Waals surface area (Å²) >= 11 is 8.31. The van der Waals surface area contributed by atoms with Crippen LogP contribution < -0.4 is 5.32 Å². The van der Waals surface area contributed by atoms with Crippen molar-refractivity contribution in [2.75, 3.05) is 0 Å². The third-order valence-electron chi connectivity index (χ3n) is 4.73. The lowest BCUT2D eigenvalue weighted by molar-refractivity contribution is -0.120. The number of nitrogens with one attached hydrogen (secondary N) is 1. The van der Waals surface area contributed by atoms with E-state index in [4.69, 9.17) is 12.2 Å². The molecule has 3 aromatic carbocycles. The van der Waals surface area contributed by atoms with Gasteiger partial charge in [0.05, 0.1) is 17.0 Å². The van der Waals surface area contributed by atoms with Crippen LogP contribution in [0.5, 0.6) is 0 Å². The molecule has 0 fully saturated rings. The van der Waals surface area contributed by atoms with Gasteiger partial charge in [-0.25, -0.2) is 4.68 Å². The Morgan fingerprint density at radius 1 is 0.935 bits per heavy atom. The number of aromatic nitrogens is 2. The second-order valence-corrected chi connectivity index (χ2v) is 10.1. The molecule has 0 saturated carbocycles. The first kappa shape index (κ1) is 21.5. The second-order valence-electron chi connectivity index (χ2n) is 6.90. The number of benzene rings is 3. The van der Waals surface area contributed by atoms with E-state index in [1.165, 1.54) is 23.1 Å². The first-order valence-electron chi connectivity index (χ1n) is 9.84. The summed E-state index contributed by atoms with van der Waals surface area (Å²) in [7, 11) is 0. The van der Waals surface area contributed by atoms with Crippen LogP contribution in [0.25, 0.3) is 5.69 Å². The van der Waals surface area contributed by atoms with E-state index in [0.29, 0.717) is 3.95 Å². The van der Waals surface area contributed by atoms with Gasteiger partial charge in [0.1, 0.15) is 0 Å². The van der Waals surface area contributed by atoms with Crippen molar-refractivity contribution < 1.29 is 4.79 Å². The third-order valence-corrected chi connectivity index (χ3v) is 7.15. The number of para-hydroxylation sites is 1. The fraction of sp³-hybridized carbons (Fsp3) is 0.125. The highest BCUT2D eigenvalue weighted by atomic mass is 32.2. The fourth-order valence-electron chi connectivity index (χ4n) is 3.16. The molecule has 0 saturated heterocycles. The highest BCUT2D eigenvalue weighted by Gasteiger charge is 2.22. The Hall–Kier alpha value is -2.74. The largest absolute Gasteiger partial charge is 0.344 e. The van der Waals surface area contributed by atoms with Crippen LogP contribution in [0.2, 0.25) is 0 Å². The molecule has 7 heteroatoms. The van der Waals surface area contributed by atoms with E-state index >= 15 is 0 Å². The summed E-state index contributed by atoms with van der Waals surface area (Å²) < 4.78 is 3.17. The average molecular weight is 464 g/mol. The molecule has 1 aromatic heterocycles. The van der Waals surface area contributed by atoms with Gasteiger partial charge < -0.3 is 5.32 Å². The molecule has 1 amide bonds. The van der Waals surface area contributed by atoms with Gasteiger partial charge in [0.2, 0.25) is 5.91 Å². The van der Waals surface area contributed by atoms with E-state index in [1.807, 2.05) is 97.9 Å². The molecule has 1 N–H and O–H groups in total. The molecular formula is C24H21N3OS3. The second kappa shape index (κ2) is 10.0. The van der Waals surface area contributed by atoms with Crippen molar-refractivity contribution in [1.29, 1.82) is 0 Å². The van der Waals surface area contributed by atoms with Crippen molar-refractivity contribution in [3.05, 3.63) is 106 Å². The standard InChI is InChI=1S/C24H21N3OS3/c1-17(30-23-26-27(24(29)31-23)20-15-9-4-10-16-20)22(28)25-21(18-11-5-2-6-12-18)19-13-7-3-8-14-19/h2-17,21H,1H3,(H,25,28). The molecule has 31 heavy (non-hydrogen) atoms. The lowest BCUT2D eigenvalue weighted by Crippen LogP contribution is -2.34. The summed E-state index contributed by atoms with van der Waals surface area (Å²) in [6.07, 6.45) is 0. The van der Waals surface area contributed by atoms with E-state index in [-0.39, 0.29) is 17.2 Å². The van der Waals surface area contributed by atoms with E-state index in [0.717, 1.165) is 21.2 Å². The molecule has 0 aliphatic carbocycles. The summed E-state index contributed by atoms with van der Waals surface area (Å²) in [5.74, 6) is -0.0462. The van der Waals surface area contributed by atoms with E-state index in [9.17, 15) is 4.79 Å². The SMILES string of the molecule is CC(Sc1nn(-c2ccccc2)c(=S)s1)C(=O)NC(c1ccccc1)c1ccccc1. The number of thioether (sulfide) groups is 1. The number of carbonyl (C=O) groups excluding carboxylic acids is 1. The van der Waals surface area contributed by atoms with Crippen LogP contribution in [0.4, 0.5) is 0 Å². The maximum atomic E-state index is 13.1. The van der Waals surface area contributed by atoms with Crippen molar-refractivity contribution >= 4 is 41.2 Å². The molecule has 4 rings (SSSR count). The Balaban J connectivity index is 1.50. The molecular weight excluding hydrogens is 442 g/mol. The third kappa shape index (κ3) is 5.31. The fourth-order valence-corrected chi connectivity index (χ4v) is 5.67. The van der Waals surface area contributed by atoms with Gasteiger partial charge in [-0.05, 0) is 42.4 Å². The van der Waals surface area contributed by atoms with Gasteiger partial charge in [-0.15, -0.1) is 5.10 Å². The van der Waals surface area contributed by atoms with Gasteiger partial charge in [-0.1, -0.05) is 102 Å². The monoisotopic (exact) mass is 463 g/mol. The minimum absolute atomic E-state index is 0.0462. The van der Waals surface area contributed by atoms with Gasteiger partial charge in [0, 0.05) is 0 Å². The quantitative estimate of drug-likeness (QED) is 0.268. The molecule has 0 aliphatic heterocycles. The van der Waals surface area contributed by atoms with Gasteiger partial charge >= 0.3 is 0 Å². The number of rotatable bonds is 7. The van der Waals surface area contributed by atoms with Crippen LogP contribution in [0.1, 0.15) is 24.1 Å². The molecule has 1 atom stereocenters. The highest BCUT2D eigenvalue weighted by molar-refractivity contribution is 8.02. The number of hydrogen-bond acceptors (Lipinski definition) is 5. The lowest BCUT2D eigenvalue weighted by atomic mass is 9.98. The van der Waals surface area contributed by atoms with Crippen molar-refractivity contribution in [2.24, 2.45) is 0 Å². The highest BCUT2D eigenvalue weighted by Crippen LogP contribution is 2.29. The summed E-state index contributed by atoms with van der Waals surface area (Å²) in [5.41, 5.74) is 3.01. The molecule has 4 nitrogen and oxygen atoms in total. The van der Waals surface area contributed by atoms with Gasteiger partial charge in [-0.3, -0.25) is 4.79 Å². The number of amides is 1. The van der Waals surface area contributed by atoms with Crippen LogP contribution >= 0.6 is 35.3 Å². The molecule has 1 unspecified atom stereocenters. The molecule has 156 valence electrons. The first-order valence-corrected chi connectivity index (χ1v) is 11.9. The summed E-state index contributed by atoms with van der Waals surface area (Å²) in [6.45, 7) is 1.89. The zero-order valence-electron chi connectivity index (χ0n) is 16.8. The Bertz CT molecular complexity index is 1150. The van der Waals surface area contributed by atoms with Crippen LogP contribution in [-0.2, 0) is 4.79 Å². The summed E-state index contributed by atoms with van der Waals surface area (Å²) in [4.78, 5) is 13.1. The van der Waals surface area contributed by atoms with Crippen LogP contribution in [0.15, 0.2) is 95.3 Å². The lowest BCUT2D eigenvalue weighted by Gasteiger charge is -2.21. The molecule has 1 heterocycles. The zero-order valence-corrected chi connectivity index (χ0v) is 19.3. The predicted molar refractivity (Wildman–Crippen MR) is 130 cm³/mol. The van der Waals surface area contributed by atoms with E-state index in [1.54, 1.807) is 4.68 Å². The van der Waals surface area contributed by atoms with Crippen LogP contribution in [-0.4, -0.2) is 20.9 Å². The Morgan fingerprint density at radius 2 is 1.45 bits per heavy atom. The number of nitrogens with zero attached hydrogens (tertiary/aromatic N) is 2. The minimum atomic E-state index is -0.320. The van der Waals surface area contributed by atoms with Crippen molar-refractivity contribution in [3.63, 3.8) is 0 Å². The summed E-state index contributed by atoms with van der Waals surface area (Å²) in [6, 6.07) is 29.6. The number of carbonyl (C=O) groups is 1. The van der Waals surface area contributed by atoms with E-state index < -0.39 is 0 Å². The maximum absolute atomic E-state index is 13.1. The average Bonchev–Trinajstić information content (AvgIpc) is 3.18. The molecule has 0 aliphatic rings. The maximum Gasteiger partial charge on any atom is 0.234 e. The predicted octanol–water partition coefficient (Wildman–Crippen LogP) is 6.05. The Labute approximate surface area is 195 Å². The smallest absolute Gasteiger partial charge is 0.234 e. The van der Waals surface area contributed by atoms with Gasteiger partial charge in [0.15, 0.2) is 8.29 Å². The molecule has 4 aromatic rings. The van der Waals surface area contributed by atoms with Gasteiger partial charge in [-0.2, -0.15) is 0 Å². The summed E-state index contributed by atoms with van der Waals surface area (Å²) in [5, 5.41) is 7.50. The topological polar surface area (TPSA) is 46.9 Å². The van der Waals surface area contributed by atoms with Gasteiger partial charge in [0.25, 0.3) is 0 Å². The van der Waals surface area contributed by atoms with Crippen LogP contribution in [0, 0.1) is 3.95 Å². The normalized spacial score (nSPS) is 11.9. The number of hydrogen-bond donors (Lipinski definition) is 1. The molecule has 0 radical (unpaired) electrons. The minimum Gasteiger partial charge on any atom is -0.344 e. The van der Waals surface area contributed by atoms with E-state index in [2.05, 4.69) is 10.4 Å². The first-order chi connectivity index (χ1) is 15.1. The Morgan fingerprint density at radius 3 is 2.00 bits per heavy atom.